The molecule has 2 aliphatic carbocycles. The van der Waals surface area contributed by atoms with Gasteiger partial charge in [0, 0.05) is 6.04 Å². The summed E-state index contributed by atoms with van der Waals surface area (Å²) in [5.74, 6) is -1.89. The summed E-state index contributed by atoms with van der Waals surface area (Å²) in [6.07, 6.45) is -5.93. The highest BCUT2D eigenvalue weighted by molar-refractivity contribution is 5.89. The highest BCUT2D eigenvalue weighted by atomic mass is 19.4. The SMILES string of the molecule is O=C(NC1CCCC(C(F)(F)F)C1)C1(c2cccc(C(F)(F)F)c2)CCCC1. The molecule has 2 unspecified atom stereocenters. The van der Waals surface area contributed by atoms with Gasteiger partial charge >= 0.3 is 12.4 Å². The maximum absolute atomic E-state index is 13.1. The third-order valence-corrected chi connectivity index (χ3v) is 6.11. The molecule has 1 aromatic carbocycles. The van der Waals surface area contributed by atoms with Crippen LogP contribution < -0.4 is 5.32 Å². The van der Waals surface area contributed by atoms with Gasteiger partial charge < -0.3 is 5.32 Å². The summed E-state index contributed by atoms with van der Waals surface area (Å²) in [5, 5.41) is 2.74. The van der Waals surface area contributed by atoms with Gasteiger partial charge in [-0.2, -0.15) is 26.3 Å². The fourth-order valence-corrected chi connectivity index (χ4v) is 4.56. The molecule has 0 bridgehead atoms. The van der Waals surface area contributed by atoms with Crippen molar-refractivity contribution in [2.24, 2.45) is 5.92 Å². The highest BCUT2D eigenvalue weighted by Gasteiger charge is 2.46. The summed E-state index contributed by atoms with van der Waals surface area (Å²) in [4.78, 5) is 13.1. The van der Waals surface area contributed by atoms with Gasteiger partial charge in [-0.1, -0.05) is 37.5 Å². The molecule has 1 amide bonds. The zero-order chi connectivity index (χ0) is 20.6. The van der Waals surface area contributed by atoms with Crippen molar-refractivity contribution < 1.29 is 31.1 Å². The van der Waals surface area contributed by atoms with E-state index < -0.39 is 41.2 Å². The first-order valence-electron chi connectivity index (χ1n) is 9.58. The fraction of sp³-hybridized carbons (Fsp3) is 0.650. The van der Waals surface area contributed by atoms with E-state index in [-0.39, 0.29) is 12.8 Å². The molecule has 8 heteroatoms. The molecule has 1 aromatic rings. The van der Waals surface area contributed by atoms with Gasteiger partial charge in [0.1, 0.15) is 0 Å². The summed E-state index contributed by atoms with van der Waals surface area (Å²) in [5.41, 5.74) is -1.63. The van der Waals surface area contributed by atoms with Crippen molar-refractivity contribution in [3.05, 3.63) is 35.4 Å². The summed E-state index contributed by atoms with van der Waals surface area (Å²) >= 11 is 0. The van der Waals surface area contributed by atoms with Crippen LogP contribution in [0.2, 0.25) is 0 Å². The predicted octanol–water partition coefficient (Wildman–Crippen LogP) is 5.75. The van der Waals surface area contributed by atoms with Crippen LogP contribution in [0.4, 0.5) is 26.3 Å². The number of rotatable bonds is 3. The maximum atomic E-state index is 13.1. The topological polar surface area (TPSA) is 29.1 Å². The Morgan fingerprint density at radius 3 is 2.29 bits per heavy atom. The molecule has 2 saturated carbocycles. The van der Waals surface area contributed by atoms with Gasteiger partial charge in [0.2, 0.25) is 5.91 Å². The van der Waals surface area contributed by atoms with E-state index in [1.807, 2.05) is 0 Å². The summed E-state index contributed by atoms with van der Waals surface area (Å²) in [7, 11) is 0. The number of nitrogens with one attached hydrogen (secondary N) is 1. The first kappa shape index (κ1) is 21.0. The van der Waals surface area contributed by atoms with E-state index in [1.54, 1.807) is 0 Å². The van der Waals surface area contributed by atoms with Gasteiger partial charge in [0.05, 0.1) is 16.9 Å². The van der Waals surface area contributed by atoms with Crippen molar-refractivity contribution in [2.45, 2.75) is 75.2 Å². The number of hydrogen-bond donors (Lipinski definition) is 1. The Bertz CT molecular complexity index is 705. The number of carbonyl (C=O) groups is 1. The average molecular weight is 407 g/mol. The molecule has 2 aliphatic rings. The summed E-state index contributed by atoms with van der Waals surface area (Å²) < 4.78 is 78.4. The largest absolute Gasteiger partial charge is 0.416 e. The Morgan fingerprint density at radius 1 is 1.00 bits per heavy atom. The molecule has 1 N–H and O–H groups in total. The summed E-state index contributed by atoms with van der Waals surface area (Å²) in [6.45, 7) is 0. The highest BCUT2D eigenvalue weighted by Crippen LogP contribution is 2.44. The Labute approximate surface area is 159 Å². The molecule has 2 atom stereocenters. The number of carbonyl (C=O) groups excluding carboxylic acids is 1. The Balaban J connectivity index is 1.81. The Hall–Kier alpha value is -1.73. The van der Waals surface area contributed by atoms with Crippen molar-refractivity contribution in [2.75, 3.05) is 0 Å². The molecular formula is C20H23F6NO. The van der Waals surface area contributed by atoms with Crippen LogP contribution in [0.15, 0.2) is 24.3 Å². The van der Waals surface area contributed by atoms with Crippen molar-refractivity contribution in [1.29, 1.82) is 0 Å². The second-order valence-corrected chi connectivity index (χ2v) is 7.94. The normalized spacial score (nSPS) is 25.5. The zero-order valence-corrected chi connectivity index (χ0v) is 15.3. The maximum Gasteiger partial charge on any atom is 0.416 e. The first-order chi connectivity index (χ1) is 13.0. The van der Waals surface area contributed by atoms with Gasteiger partial charge in [-0.15, -0.1) is 0 Å². The molecule has 2 fully saturated rings. The van der Waals surface area contributed by atoms with Crippen LogP contribution in [0.25, 0.3) is 0 Å². The lowest BCUT2D eigenvalue weighted by Gasteiger charge is -2.35. The molecule has 2 nitrogen and oxygen atoms in total. The molecule has 0 heterocycles. The van der Waals surface area contributed by atoms with E-state index in [4.69, 9.17) is 0 Å². The third kappa shape index (κ3) is 4.30. The van der Waals surface area contributed by atoms with Crippen molar-refractivity contribution in [1.82, 2.24) is 5.32 Å². The minimum absolute atomic E-state index is 0.0502. The molecule has 0 saturated heterocycles. The quantitative estimate of drug-likeness (QED) is 0.635. The number of benzene rings is 1. The van der Waals surface area contributed by atoms with Crippen LogP contribution in [0.3, 0.4) is 0 Å². The third-order valence-electron chi connectivity index (χ3n) is 6.11. The second-order valence-electron chi connectivity index (χ2n) is 7.94. The summed E-state index contributed by atoms with van der Waals surface area (Å²) in [6, 6.07) is 4.16. The van der Waals surface area contributed by atoms with Gasteiger partial charge in [-0.3, -0.25) is 4.79 Å². The number of halogens is 6. The van der Waals surface area contributed by atoms with Crippen LogP contribution in [0, 0.1) is 5.92 Å². The van der Waals surface area contributed by atoms with Crippen molar-refractivity contribution in [3.63, 3.8) is 0 Å². The Morgan fingerprint density at radius 2 is 1.68 bits per heavy atom. The van der Waals surface area contributed by atoms with Crippen molar-refractivity contribution >= 4 is 5.91 Å². The van der Waals surface area contributed by atoms with E-state index in [9.17, 15) is 31.1 Å². The minimum atomic E-state index is -4.52. The van der Waals surface area contributed by atoms with E-state index in [2.05, 4.69) is 5.32 Å². The molecule has 28 heavy (non-hydrogen) atoms. The van der Waals surface area contributed by atoms with Crippen molar-refractivity contribution in [3.8, 4) is 0 Å². The minimum Gasteiger partial charge on any atom is -0.353 e. The lowest BCUT2D eigenvalue weighted by atomic mass is 9.76. The van der Waals surface area contributed by atoms with Crippen LogP contribution in [0.1, 0.15) is 62.5 Å². The van der Waals surface area contributed by atoms with Crippen LogP contribution >= 0.6 is 0 Å². The van der Waals surface area contributed by atoms with Crippen LogP contribution in [-0.2, 0) is 16.4 Å². The molecule has 0 aliphatic heterocycles. The monoisotopic (exact) mass is 407 g/mol. The van der Waals surface area contributed by atoms with Crippen LogP contribution in [0.5, 0.6) is 0 Å². The molecular weight excluding hydrogens is 384 g/mol. The number of amides is 1. The molecule has 156 valence electrons. The number of hydrogen-bond acceptors (Lipinski definition) is 1. The smallest absolute Gasteiger partial charge is 0.353 e. The van der Waals surface area contributed by atoms with Gasteiger partial charge in [-0.05, 0) is 43.7 Å². The van der Waals surface area contributed by atoms with E-state index in [1.165, 1.54) is 12.1 Å². The number of alkyl halides is 6. The molecule has 0 aromatic heterocycles. The second kappa shape index (κ2) is 7.59. The first-order valence-corrected chi connectivity index (χ1v) is 9.58. The van der Waals surface area contributed by atoms with E-state index in [0.29, 0.717) is 44.1 Å². The van der Waals surface area contributed by atoms with E-state index in [0.717, 1.165) is 12.1 Å². The Kier molecular flexibility index (Phi) is 5.69. The predicted molar refractivity (Wildman–Crippen MR) is 91.5 cm³/mol. The lowest BCUT2D eigenvalue weighted by molar-refractivity contribution is -0.184. The molecule has 0 radical (unpaired) electrons. The van der Waals surface area contributed by atoms with E-state index >= 15 is 0 Å². The fourth-order valence-electron chi connectivity index (χ4n) is 4.56. The molecule has 0 spiro atoms. The van der Waals surface area contributed by atoms with Gasteiger partial charge in [-0.25, -0.2) is 0 Å². The zero-order valence-electron chi connectivity index (χ0n) is 15.3. The van der Waals surface area contributed by atoms with Gasteiger partial charge in [0.25, 0.3) is 0 Å². The standard InChI is InChI=1S/C20H23F6NO/c21-19(22,23)14-6-3-5-13(11-14)18(9-1-2-10-18)17(28)27-16-8-4-7-15(12-16)20(24,25)26/h3,5-6,11,15-16H,1-2,4,7-10,12H2,(H,27,28). The molecule has 3 rings (SSSR count). The lowest BCUT2D eigenvalue weighted by Crippen LogP contribution is -2.49. The van der Waals surface area contributed by atoms with Gasteiger partial charge in [0.15, 0.2) is 0 Å². The van der Waals surface area contributed by atoms with Crippen LogP contribution in [-0.4, -0.2) is 18.1 Å². The average Bonchev–Trinajstić information content (AvgIpc) is 3.12.